The van der Waals surface area contributed by atoms with E-state index in [1.807, 2.05) is 0 Å². The van der Waals surface area contributed by atoms with Crippen LogP contribution in [-0.2, 0) is 26.2 Å². The van der Waals surface area contributed by atoms with Crippen molar-refractivity contribution >= 4 is 56.6 Å². The van der Waals surface area contributed by atoms with Crippen molar-refractivity contribution in [2.24, 2.45) is 0 Å². The van der Waals surface area contributed by atoms with E-state index in [0.29, 0.717) is 27.1 Å². The zero-order valence-corrected chi connectivity index (χ0v) is 20.9. The molecule has 0 spiro atoms. The number of rotatable bonds is 9. The minimum absolute atomic E-state index is 0.00263. The normalized spacial score (nSPS) is 12.5. The maximum Gasteiger partial charge on any atom is 0.243 e. The third-order valence-corrected chi connectivity index (χ3v) is 7.52. The molecular formula is C21H24Cl3N3O4S. The summed E-state index contributed by atoms with van der Waals surface area (Å²) in [6.07, 6.45) is 0.324. The first-order valence-electron chi connectivity index (χ1n) is 9.68. The van der Waals surface area contributed by atoms with Gasteiger partial charge < -0.3 is 10.2 Å². The van der Waals surface area contributed by atoms with Crippen LogP contribution in [0.5, 0.6) is 0 Å². The van der Waals surface area contributed by atoms with Crippen LogP contribution in [0.25, 0.3) is 0 Å². The lowest BCUT2D eigenvalue weighted by Crippen LogP contribution is -2.51. The molecule has 0 aliphatic heterocycles. The van der Waals surface area contributed by atoms with E-state index in [2.05, 4.69) is 5.32 Å². The number of carbonyl (C=O) groups is 2. The van der Waals surface area contributed by atoms with Gasteiger partial charge in [0.2, 0.25) is 21.8 Å². The Morgan fingerprint density at radius 3 is 2.16 bits per heavy atom. The van der Waals surface area contributed by atoms with E-state index < -0.39 is 28.5 Å². The number of sulfonamides is 1. The van der Waals surface area contributed by atoms with E-state index in [4.69, 9.17) is 34.8 Å². The van der Waals surface area contributed by atoms with Crippen molar-refractivity contribution in [2.75, 3.05) is 20.6 Å². The molecule has 0 aromatic heterocycles. The molecule has 0 fully saturated rings. The quantitative estimate of drug-likeness (QED) is 0.544. The van der Waals surface area contributed by atoms with Crippen molar-refractivity contribution < 1.29 is 18.0 Å². The summed E-state index contributed by atoms with van der Waals surface area (Å²) in [4.78, 5) is 27.0. The van der Waals surface area contributed by atoms with Gasteiger partial charge in [-0.05, 0) is 48.4 Å². The highest BCUT2D eigenvalue weighted by atomic mass is 35.5. The standard InChI is InChI=1S/C21H24Cl3N3O4S/c1-4-19(21(29)25-2)27(12-14-5-6-16(23)11-18(14)24)20(28)13-26(3)32(30,31)17-9-7-15(22)8-10-17/h5-11,19H,4,12-13H2,1-3H3,(H,25,29)/t19-/m0/s1. The second kappa shape index (κ2) is 11.3. The van der Waals surface area contributed by atoms with Gasteiger partial charge in [0.1, 0.15) is 6.04 Å². The summed E-state index contributed by atoms with van der Waals surface area (Å²) in [6, 6.07) is 9.66. The molecule has 1 atom stereocenters. The SMILES string of the molecule is CC[C@@H](C(=O)NC)N(Cc1ccc(Cl)cc1Cl)C(=O)CN(C)S(=O)(=O)c1ccc(Cl)cc1. The molecule has 0 bridgehead atoms. The fourth-order valence-corrected chi connectivity index (χ4v) is 4.79. The van der Waals surface area contributed by atoms with Crippen LogP contribution < -0.4 is 5.32 Å². The Labute approximate surface area is 203 Å². The van der Waals surface area contributed by atoms with Gasteiger partial charge in [-0.15, -0.1) is 0 Å². The first-order chi connectivity index (χ1) is 15.0. The van der Waals surface area contributed by atoms with E-state index in [1.165, 1.54) is 43.3 Å². The Morgan fingerprint density at radius 1 is 1.03 bits per heavy atom. The van der Waals surface area contributed by atoms with Crippen LogP contribution in [0.1, 0.15) is 18.9 Å². The van der Waals surface area contributed by atoms with Crippen LogP contribution in [0.15, 0.2) is 47.4 Å². The van der Waals surface area contributed by atoms with Crippen LogP contribution in [0.4, 0.5) is 0 Å². The molecule has 0 aliphatic carbocycles. The van der Waals surface area contributed by atoms with Crippen molar-refractivity contribution in [3.05, 3.63) is 63.1 Å². The lowest BCUT2D eigenvalue weighted by Gasteiger charge is -2.31. The molecule has 0 unspecified atom stereocenters. The van der Waals surface area contributed by atoms with E-state index in [9.17, 15) is 18.0 Å². The maximum atomic E-state index is 13.2. The van der Waals surface area contributed by atoms with Gasteiger partial charge in [0, 0.05) is 35.7 Å². The van der Waals surface area contributed by atoms with E-state index in [-0.39, 0.29) is 17.3 Å². The molecule has 2 aromatic rings. The highest BCUT2D eigenvalue weighted by Gasteiger charge is 2.31. The van der Waals surface area contributed by atoms with Crippen LogP contribution >= 0.6 is 34.8 Å². The number of amides is 2. The maximum absolute atomic E-state index is 13.2. The summed E-state index contributed by atoms with van der Waals surface area (Å²) in [5, 5.41) is 3.71. The lowest BCUT2D eigenvalue weighted by atomic mass is 10.1. The molecule has 0 aliphatic rings. The molecular weight excluding hydrogens is 497 g/mol. The Hall–Kier alpha value is -1.84. The Kier molecular flexibility index (Phi) is 9.36. The van der Waals surface area contributed by atoms with Crippen molar-refractivity contribution in [3.8, 4) is 0 Å². The van der Waals surface area contributed by atoms with Gasteiger partial charge in [0.25, 0.3) is 0 Å². The fourth-order valence-electron chi connectivity index (χ4n) is 3.07. The monoisotopic (exact) mass is 519 g/mol. The van der Waals surface area contributed by atoms with Crippen LogP contribution in [-0.4, -0.2) is 56.1 Å². The molecule has 1 N–H and O–H groups in total. The largest absolute Gasteiger partial charge is 0.357 e. The molecule has 7 nitrogen and oxygen atoms in total. The molecule has 174 valence electrons. The predicted octanol–water partition coefficient (Wildman–Crippen LogP) is 3.82. The first kappa shape index (κ1) is 26.4. The van der Waals surface area contributed by atoms with Crippen molar-refractivity contribution in [1.82, 2.24) is 14.5 Å². The summed E-state index contributed by atoms with van der Waals surface area (Å²) in [5.41, 5.74) is 0.579. The van der Waals surface area contributed by atoms with Gasteiger partial charge in [0.05, 0.1) is 11.4 Å². The Bertz CT molecular complexity index is 1080. The second-order valence-corrected chi connectivity index (χ2v) is 10.3. The number of halogens is 3. The zero-order chi connectivity index (χ0) is 24.1. The Morgan fingerprint density at radius 2 is 1.62 bits per heavy atom. The van der Waals surface area contributed by atoms with Crippen molar-refractivity contribution in [2.45, 2.75) is 30.8 Å². The smallest absolute Gasteiger partial charge is 0.243 e. The van der Waals surface area contributed by atoms with Gasteiger partial charge in [-0.25, -0.2) is 8.42 Å². The average molecular weight is 521 g/mol. The lowest BCUT2D eigenvalue weighted by molar-refractivity contribution is -0.141. The second-order valence-electron chi connectivity index (χ2n) is 7.01. The molecule has 0 radical (unpaired) electrons. The van der Waals surface area contributed by atoms with Crippen LogP contribution in [0.3, 0.4) is 0 Å². The zero-order valence-electron chi connectivity index (χ0n) is 17.8. The molecule has 2 amide bonds. The minimum atomic E-state index is -3.95. The molecule has 32 heavy (non-hydrogen) atoms. The Balaban J connectivity index is 2.34. The van der Waals surface area contributed by atoms with Crippen LogP contribution in [0.2, 0.25) is 15.1 Å². The molecule has 2 rings (SSSR count). The fraction of sp³-hybridized carbons (Fsp3) is 0.333. The van der Waals surface area contributed by atoms with Gasteiger partial charge in [-0.3, -0.25) is 9.59 Å². The van der Waals surface area contributed by atoms with Gasteiger partial charge >= 0.3 is 0 Å². The number of benzene rings is 2. The molecule has 0 saturated heterocycles. The van der Waals surface area contributed by atoms with E-state index >= 15 is 0 Å². The van der Waals surface area contributed by atoms with Crippen LogP contribution in [0, 0.1) is 0 Å². The van der Waals surface area contributed by atoms with Gasteiger partial charge in [-0.2, -0.15) is 4.31 Å². The summed E-state index contributed by atoms with van der Waals surface area (Å²) in [7, 11) is -1.17. The van der Waals surface area contributed by atoms with Crippen molar-refractivity contribution in [3.63, 3.8) is 0 Å². The summed E-state index contributed by atoms with van der Waals surface area (Å²) in [6.45, 7) is 1.30. The predicted molar refractivity (Wildman–Crippen MR) is 126 cm³/mol. The number of hydrogen-bond acceptors (Lipinski definition) is 4. The number of likely N-dealkylation sites (N-methyl/N-ethyl adjacent to an activating group) is 2. The average Bonchev–Trinajstić information content (AvgIpc) is 2.74. The first-order valence-corrected chi connectivity index (χ1v) is 12.3. The third-order valence-electron chi connectivity index (χ3n) is 4.87. The number of nitrogens with zero attached hydrogens (tertiary/aromatic N) is 2. The van der Waals surface area contributed by atoms with E-state index in [0.717, 1.165) is 4.31 Å². The van der Waals surface area contributed by atoms with E-state index in [1.54, 1.807) is 25.1 Å². The van der Waals surface area contributed by atoms with Gasteiger partial charge in [-0.1, -0.05) is 47.8 Å². The number of nitrogens with one attached hydrogen (secondary N) is 1. The topological polar surface area (TPSA) is 86.8 Å². The summed E-state index contributed by atoms with van der Waals surface area (Å²) >= 11 is 18.1. The summed E-state index contributed by atoms with van der Waals surface area (Å²) < 4.78 is 26.7. The van der Waals surface area contributed by atoms with Gasteiger partial charge in [0.15, 0.2) is 0 Å². The third kappa shape index (κ3) is 6.36. The molecule has 0 saturated carbocycles. The highest BCUT2D eigenvalue weighted by Crippen LogP contribution is 2.24. The number of hydrogen-bond donors (Lipinski definition) is 1. The molecule has 0 heterocycles. The van der Waals surface area contributed by atoms with Crippen molar-refractivity contribution in [1.29, 1.82) is 0 Å². The summed E-state index contributed by atoms with van der Waals surface area (Å²) in [5.74, 6) is -0.916. The molecule has 2 aromatic carbocycles. The number of carbonyl (C=O) groups excluding carboxylic acids is 2. The molecule has 11 heteroatoms. The highest BCUT2D eigenvalue weighted by molar-refractivity contribution is 7.89. The minimum Gasteiger partial charge on any atom is -0.357 e.